The number of benzene rings is 1. The number of hydrogen-bond acceptors (Lipinski definition) is 3. The third-order valence-electron chi connectivity index (χ3n) is 2.56. The molecule has 1 aromatic carbocycles. The summed E-state index contributed by atoms with van der Waals surface area (Å²) in [5.74, 6) is 0.226. The molecule has 0 amide bonds. The van der Waals surface area contributed by atoms with Crippen LogP contribution >= 0.6 is 11.6 Å². The number of hydrogen-bond donors (Lipinski definition) is 1. The van der Waals surface area contributed by atoms with Crippen molar-refractivity contribution in [2.24, 2.45) is 0 Å². The molecule has 7 heteroatoms. The predicted molar refractivity (Wildman–Crippen MR) is 67.0 cm³/mol. The van der Waals surface area contributed by atoms with Gasteiger partial charge >= 0.3 is 6.18 Å². The standard InChI is InChI=1S/C12H15ClF3NO2/c1-4-17-11(12(14,15)16)7-5-6-8(18-2)9(13)10(7)19-3/h5-6,11,17H,4H2,1-3H3. The van der Waals surface area contributed by atoms with Crippen molar-refractivity contribution in [2.45, 2.75) is 19.1 Å². The normalized spacial score (nSPS) is 13.2. The summed E-state index contributed by atoms with van der Waals surface area (Å²) in [7, 11) is 2.65. The largest absolute Gasteiger partial charge is 0.495 e. The SMILES string of the molecule is CCNC(c1ccc(OC)c(Cl)c1OC)C(F)(F)F. The van der Waals surface area contributed by atoms with Gasteiger partial charge in [-0.2, -0.15) is 13.2 Å². The van der Waals surface area contributed by atoms with E-state index in [2.05, 4.69) is 5.32 Å². The lowest BCUT2D eigenvalue weighted by atomic mass is 10.0. The number of rotatable bonds is 5. The quantitative estimate of drug-likeness (QED) is 0.901. The first-order valence-corrected chi connectivity index (χ1v) is 5.95. The van der Waals surface area contributed by atoms with E-state index < -0.39 is 12.2 Å². The first-order chi connectivity index (χ1) is 8.86. The van der Waals surface area contributed by atoms with E-state index in [1.165, 1.54) is 26.4 Å². The maximum atomic E-state index is 13.0. The molecule has 1 unspecified atom stereocenters. The van der Waals surface area contributed by atoms with Crippen LogP contribution in [-0.4, -0.2) is 26.9 Å². The van der Waals surface area contributed by atoms with Crippen LogP contribution in [0.4, 0.5) is 13.2 Å². The molecule has 1 N–H and O–H groups in total. The van der Waals surface area contributed by atoms with Gasteiger partial charge in [0.05, 0.1) is 14.2 Å². The molecule has 0 fully saturated rings. The zero-order valence-corrected chi connectivity index (χ0v) is 11.5. The van der Waals surface area contributed by atoms with Gasteiger partial charge in [-0.05, 0) is 18.7 Å². The smallest absolute Gasteiger partial charge is 0.408 e. The Morgan fingerprint density at radius 3 is 2.32 bits per heavy atom. The van der Waals surface area contributed by atoms with Gasteiger partial charge in [-0.25, -0.2) is 0 Å². The molecule has 0 spiro atoms. The summed E-state index contributed by atoms with van der Waals surface area (Å²) in [6.07, 6.45) is -4.44. The summed E-state index contributed by atoms with van der Waals surface area (Å²) in [5.41, 5.74) is -0.0670. The lowest BCUT2D eigenvalue weighted by molar-refractivity contribution is -0.157. The molecule has 1 aromatic rings. The minimum absolute atomic E-state index is 0.0228. The Hall–Kier alpha value is -1.14. The highest BCUT2D eigenvalue weighted by molar-refractivity contribution is 6.33. The van der Waals surface area contributed by atoms with Crippen LogP contribution in [-0.2, 0) is 0 Å². The molecule has 1 rings (SSSR count). The van der Waals surface area contributed by atoms with Gasteiger partial charge in [0.15, 0.2) is 0 Å². The molecule has 0 aliphatic rings. The zero-order chi connectivity index (χ0) is 14.6. The maximum absolute atomic E-state index is 13.0. The third-order valence-corrected chi connectivity index (χ3v) is 2.92. The van der Waals surface area contributed by atoms with Gasteiger partial charge in [0.2, 0.25) is 0 Å². The van der Waals surface area contributed by atoms with Crippen LogP contribution in [0.1, 0.15) is 18.5 Å². The van der Waals surface area contributed by atoms with Crippen molar-refractivity contribution in [2.75, 3.05) is 20.8 Å². The maximum Gasteiger partial charge on any atom is 0.408 e. The van der Waals surface area contributed by atoms with Gasteiger partial charge in [-0.3, -0.25) is 0 Å². The number of methoxy groups -OCH3 is 2. The first kappa shape index (κ1) is 15.9. The van der Waals surface area contributed by atoms with Crippen molar-refractivity contribution >= 4 is 11.6 Å². The van der Waals surface area contributed by atoms with Crippen LogP contribution < -0.4 is 14.8 Å². The molecule has 0 aliphatic heterocycles. The topological polar surface area (TPSA) is 30.5 Å². The molecule has 0 saturated carbocycles. The second kappa shape index (κ2) is 6.34. The van der Waals surface area contributed by atoms with E-state index in [1.807, 2.05) is 0 Å². The number of alkyl halides is 3. The first-order valence-electron chi connectivity index (χ1n) is 5.57. The van der Waals surface area contributed by atoms with E-state index in [0.717, 1.165) is 0 Å². The molecule has 19 heavy (non-hydrogen) atoms. The van der Waals surface area contributed by atoms with E-state index in [0.29, 0.717) is 0 Å². The highest BCUT2D eigenvalue weighted by atomic mass is 35.5. The summed E-state index contributed by atoms with van der Waals surface area (Å²) in [6, 6.07) is 0.844. The third kappa shape index (κ3) is 3.45. The number of ether oxygens (including phenoxy) is 2. The zero-order valence-electron chi connectivity index (χ0n) is 10.8. The molecule has 1 atom stereocenters. The Kier molecular flexibility index (Phi) is 5.31. The van der Waals surface area contributed by atoms with Crippen LogP contribution in [0.3, 0.4) is 0 Å². The molecule has 0 aliphatic carbocycles. The van der Waals surface area contributed by atoms with Crippen molar-refractivity contribution < 1.29 is 22.6 Å². The molecular weight excluding hydrogens is 283 g/mol. The Bertz CT molecular complexity index is 438. The average Bonchev–Trinajstić information content (AvgIpc) is 2.34. The molecule has 0 heterocycles. The average molecular weight is 298 g/mol. The fraction of sp³-hybridized carbons (Fsp3) is 0.500. The highest BCUT2D eigenvalue weighted by Crippen LogP contribution is 2.43. The summed E-state index contributed by atoms with van der Waals surface area (Å²) in [6.45, 7) is 1.76. The molecular formula is C12H15ClF3NO2. The summed E-state index contributed by atoms with van der Waals surface area (Å²) >= 11 is 5.96. The van der Waals surface area contributed by atoms with Crippen LogP contribution in [0.2, 0.25) is 5.02 Å². The van der Waals surface area contributed by atoms with E-state index in [9.17, 15) is 13.2 Å². The molecule has 0 bridgehead atoms. The molecule has 0 saturated heterocycles. The van der Waals surface area contributed by atoms with Gasteiger partial charge in [0, 0.05) is 5.56 Å². The predicted octanol–water partition coefficient (Wildman–Crippen LogP) is 3.57. The van der Waals surface area contributed by atoms with Gasteiger partial charge in [-0.1, -0.05) is 18.5 Å². The fourth-order valence-electron chi connectivity index (χ4n) is 1.75. The van der Waals surface area contributed by atoms with Crippen molar-refractivity contribution in [1.82, 2.24) is 5.32 Å². The lowest BCUT2D eigenvalue weighted by Crippen LogP contribution is -2.34. The Balaban J connectivity index is 3.35. The van der Waals surface area contributed by atoms with E-state index in [1.54, 1.807) is 6.92 Å². The Morgan fingerprint density at radius 1 is 1.26 bits per heavy atom. The molecule has 108 valence electrons. The van der Waals surface area contributed by atoms with Gasteiger partial charge in [0.25, 0.3) is 0 Å². The van der Waals surface area contributed by atoms with Gasteiger partial charge in [0.1, 0.15) is 22.6 Å². The highest BCUT2D eigenvalue weighted by Gasteiger charge is 2.42. The van der Waals surface area contributed by atoms with Crippen LogP contribution in [0, 0.1) is 0 Å². The Labute approximate surface area is 114 Å². The van der Waals surface area contributed by atoms with E-state index >= 15 is 0 Å². The van der Waals surface area contributed by atoms with Crippen molar-refractivity contribution in [3.63, 3.8) is 0 Å². The monoisotopic (exact) mass is 297 g/mol. The summed E-state index contributed by atoms with van der Waals surface area (Å²) in [5, 5.41) is 2.40. The van der Waals surface area contributed by atoms with Crippen LogP contribution in [0.15, 0.2) is 12.1 Å². The number of halogens is 4. The summed E-state index contributed by atoms with van der Waals surface area (Å²) < 4.78 is 49.0. The van der Waals surface area contributed by atoms with Crippen molar-refractivity contribution in [3.05, 3.63) is 22.7 Å². The van der Waals surface area contributed by atoms with Crippen molar-refractivity contribution in [3.8, 4) is 11.5 Å². The van der Waals surface area contributed by atoms with Crippen LogP contribution in [0.5, 0.6) is 11.5 Å². The molecule has 0 aromatic heterocycles. The minimum Gasteiger partial charge on any atom is -0.495 e. The minimum atomic E-state index is -4.44. The van der Waals surface area contributed by atoms with Crippen molar-refractivity contribution in [1.29, 1.82) is 0 Å². The second-order valence-electron chi connectivity index (χ2n) is 3.74. The van der Waals surface area contributed by atoms with Gasteiger partial charge < -0.3 is 14.8 Å². The van der Waals surface area contributed by atoms with Gasteiger partial charge in [-0.15, -0.1) is 0 Å². The second-order valence-corrected chi connectivity index (χ2v) is 4.11. The fourth-order valence-corrected chi connectivity index (χ4v) is 2.08. The number of nitrogens with one attached hydrogen (secondary N) is 1. The van der Waals surface area contributed by atoms with E-state index in [-0.39, 0.29) is 28.6 Å². The lowest BCUT2D eigenvalue weighted by Gasteiger charge is -2.24. The van der Waals surface area contributed by atoms with E-state index in [4.69, 9.17) is 21.1 Å². The summed E-state index contributed by atoms with van der Waals surface area (Å²) in [4.78, 5) is 0. The molecule has 3 nitrogen and oxygen atoms in total. The Morgan fingerprint density at radius 2 is 1.89 bits per heavy atom. The van der Waals surface area contributed by atoms with Crippen LogP contribution in [0.25, 0.3) is 0 Å². The molecule has 0 radical (unpaired) electrons.